The van der Waals surface area contributed by atoms with Crippen molar-refractivity contribution >= 4 is 39.6 Å². The van der Waals surface area contributed by atoms with E-state index < -0.39 is 0 Å². The molecule has 2 aromatic carbocycles. The van der Waals surface area contributed by atoms with Crippen molar-refractivity contribution in [1.82, 2.24) is 10.7 Å². The number of benzene rings is 2. The Morgan fingerprint density at radius 3 is 2.50 bits per heavy atom. The molecule has 122 valence electrons. The number of hydrogen-bond donors (Lipinski definition) is 2. The minimum absolute atomic E-state index is 0.0465. The number of carbonyl (C=O) groups is 1. The Morgan fingerprint density at radius 1 is 1.04 bits per heavy atom. The number of nitrogens with one attached hydrogen (secondary N) is 2. The van der Waals surface area contributed by atoms with Gasteiger partial charge < -0.3 is 5.32 Å². The van der Waals surface area contributed by atoms with Crippen LogP contribution in [0.25, 0.3) is 10.8 Å². The normalized spacial score (nSPS) is 19.0. The molecule has 0 aromatic heterocycles. The van der Waals surface area contributed by atoms with Gasteiger partial charge in [0.25, 0.3) is 0 Å². The molecule has 1 saturated carbocycles. The average molecular weight is 337 g/mol. The van der Waals surface area contributed by atoms with Crippen molar-refractivity contribution in [1.29, 1.82) is 0 Å². The van der Waals surface area contributed by atoms with Crippen LogP contribution in [-0.4, -0.2) is 22.6 Å². The molecule has 0 saturated heterocycles. The molecule has 0 aliphatic heterocycles. The van der Waals surface area contributed by atoms with Crippen molar-refractivity contribution < 1.29 is 4.79 Å². The lowest BCUT2D eigenvalue weighted by atomic mass is 9.96. The number of Topliss-reactive ketones (excluding diaryl/α,β-unsaturated/α-hetero) is 1. The molecular weight excluding hydrogens is 318 g/mol. The topological polar surface area (TPSA) is 53.5 Å². The van der Waals surface area contributed by atoms with E-state index in [1.165, 1.54) is 19.3 Å². The molecule has 0 atom stereocenters. The lowest BCUT2D eigenvalue weighted by molar-refractivity contribution is 0.106. The molecular formula is C19H19N3OS. The first kappa shape index (κ1) is 15.3. The lowest BCUT2D eigenvalue weighted by Gasteiger charge is -2.23. The highest BCUT2D eigenvalue weighted by molar-refractivity contribution is 7.80. The van der Waals surface area contributed by atoms with E-state index in [1.807, 2.05) is 36.4 Å². The van der Waals surface area contributed by atoms with Gasteiger partial charge in [-0.25, -0.2) is 0 Å². The molecule has 0 unspecified atom stereocenters. The van der Waals surface area contributed by atoms with Gasteiger partial charge in [-0.1, -0.05) is 55.7 Å². The summed E-state index contributed by atoms with van der Waals surface area (Å²) in [4.78, 5) is 12.6. The number of ketones is 1. The molecule has 0 heterocycles. The summed E-state index contributed by atoms with van der Waals surface area (Å²) in [5.41, 5.74) is 4.90. The van der Waals surface area contributed by atoms with E-state index in [0.717, 1.165) is 34.7 Å². The second kappa shape index (κ2) is 6.32. The first-order valence-corrected chi connectivity index (χ1v) is 8.86. The van der Waals surface area contributed by atoms with Crippen LogP contribution in [0.1, 0.15) is 48.0 Å². The molecule has 5 heteroatoms. The Hall–Kier alpha value is -2.27. The summed E-state index contributed by atoms with van der Waals surface area (Å²) in [7, 11) is 0. The molecule has 2 N–H and O–H groups in total. The molecule has 2 aromatic rings. The zero-order valence-corrected chi connectivity index (χ0v) is 14.2. The van der Waals surface area contributed by atoms with E-state index in [1.54, 1.807) is 0 Å². The van der Waals surface area contributed by atoms with Crippen LogP contribution in [0.4, 0.5) is 0 Å². The Morgan fingerprint density at radius 2 is 1.75 bits per heavy atom. The van der Waals surface area contributed by atoms with Crippen LogP contribution >= 0.6 is 12.2 Å². The Labute approximate surface area is 146 Å². The van der Waals surface area contributed by atoms with Crippen molar-refractivity contribution in [3.63, 3.8) is 0 Å². The van der Waals surface area contributed by atoms with Gasteiger partial charge in [0.2, 0.25) is 5.78 Å². The van der Waals surface area contributed by atoms with E-state index in [-0.39, 0.29) is 5.78 Å². The number of carbonyl (C=O) groups excluding carboxylic acids is 1. The first-order chi connectivity index (χ1) is 11.7. The number of thiocarbonyl (C=S) groups is 1. The maximum Gasteiger partial charge on any atom is 0.214 e. The van der Waals surface area contributed by atoms with Crippen LogP contribution in [-0.2, 0) is 0 Å². The highest BCUT2D eigenvalue weighted by Crippen LogP contribution is 2.30. The lowest BCUT2D eigenvalue weighted by Crippen LogP contribution is -2.41. The van der Waals surface area contributed by atoms with E-state index in [0.29, 0.717) is 16.9 Å². The largest absolute Gasteiger partial charge is 0.359 e. The minimum Gasteiger partial charge on any atom is -0.359 e. The molecule has 0 bridgehead atoms. The van der Waals surface area contributed by atoms with Crippen LogP contribution in [0.3, 0.4) is 0 Å². The van der Waals surface area contributed by atoms with Gasteiger partial charge in [0.15, 0.2) is 5.11 Å². The monoisotopic (exact) mass is 337 g/mol. The average Bonchev–Trinajstić information content (AvgIpc) is 2.88. The van der Waals surface area contributed by atoms with Crippen LogP contribution < -0.4 is 10.7 Å². The summed E-state index contributed by atoms with van der Waals surface area (Å²) in [6.45, 7) is 0. The summed E-state index contributed by atoms with van der Waals surface area (Å²) < 4.78 is 0. The fourth-order valence-corrected chi connectivity index (χ4v) is 3.87. The smallest absolute Gasteiger partial charge is 0.214 e. The molecule has 1 fully saturated rings. The third-order valence-electron chi connectivity index (χ3n) is 4.83. The fourth-order valence-electron chi connectivity index (χ4n) is 3.66. The molecule has 0 spiro atoms. The van der Waals surface area contributed by atoms with Crippen LogP contribution in [0.5, 0.6) is 0 Å². The SMILES string of the molecule is O=C1/C(=N\NC(=S)NC2CCCCC2)c2cccc3cccc1c23. The van der Waals surface area contributed by atoms with Crippen molar-refractivity contribution in [2.45, 2.75) is 38.1 Å². The van der Waals surface area contributed by atoms with E-state index >= 15 is 0 Å². The molecule has 4 nitrogen and oxygen atoms in total. The zero-order valence-electron chi connectivity index (χ0n) is 13.3. The number of hydrazone groups is 1. The van der Waals surface area contributed by atoms with E-state index in [4.69, 9.17) is 12.2 Å². The predicted molar refractivity (Wildman–Crippen MR) is 101 cm³/mol. The van der Waals surface area contributed by atoms with E-state index in [9.17, 15) is 4.79 Å². The molecule has 0 amide bonds. The van der Waals surface area contributed by atoms with Crippen molar-refractivity contribution in [2.24, 2.45) is 5.10 Å². The Kier molecular flexibility index (Phi) is 4.02. The third kappa shape index (κ3) is 2.69. The van der Waals surface area contributed by atoms with Gasteiger partial charge in [-0.15, -0.1) is 0 Å². The van der Waals surface area contributed by atoms with Crippen LogP contribution in [0.15, 0.2) is 41.5 Å². The maximum absolute atomic E-state index is 12.6. The highest BCUT2D eigenvalue weighted by atomic mass is 32.1. The van der Waals surface area contributed by atoms with Gasteiger partial charge in [-0.3, -0.25) is 10.2 Å². The summed E-state index contributed by atoms with van der Waals surface area (Å²) in [6, 6.07) is 12.1. The van der Waals surface area contributed by atoms with Gasteiger partial charge in [-0.2, -0.15) is 5.10 Å². The maximum atomic E-state index is 12.6. The van der Waals surface area contributed by atoms with Crippen LogP contribution in [0, 0.1) is 0 Å². The molecule has 24 heavy (non-hydrogen) atoms. The highest BCUT2D eigenvalue weighted by Gasteiger charge is 2.28. The van der Waals surface area contributed by atoms with Gasteiger partial charge >= 0.3 is 0 Å². The van der Waals surface area contributed by atoms with Crippen molar-refractivity contribution in [3.8, 4) is 0 Å². The van der Waals surface area contributed by atoms with Crippen molar-refractivity contribution in [2.75, 3.05) is 0 Å². The standard InChI is InChI=1S/C19H19N3OS/c23-18-15-11-5-7-12-6-4-10-14(16(12)15)17(18)21-22-19(24)20-13-8-2-1-3-9-13/h4-7,10-11,13H,1-3,8-9H2,(H2,20,22,24)/b21-17-. The second-order valence-electron chi connectivity index (χ2n) is 6.42. The van der Waals surface area contributed by atoms with Gasteiger partial charge in [0.1, 0.15) is 5.71 Å². The minimum atomic E-state index is -0.0465. The number of hydrogen-bond acceptors (Lipinski definition) is 3. The van der Waals surface area contributed by atoms with E-state index in [2.05, 4.69) is 15.8 Å². The second-order valence-corrected chi connectivity index (χ2v) is 6.83. The van der Waals surface area contributed by atoms with Crippen molar-refractivity contribution in [3.05, 3.63) is 47.5 Å². The third-order valence-corrected chi connectivity index (χ3v) is 5.04. The Balaban J connectivity index is 1.54. The first-order valence-electron chi connectivity index (χ1n) is 8.45. The Bertz CT molecular complexity index is 848. The molecule has 2 aliphatic carbocycles. The number of rotatable bonds is 2. The summed E-state index contributed by atoms with van der Waals surface area (Å²) >= 11 is 5.34. The molecule has 2 aliphatic rings. The zero-order chi connectivity index (χ0) is 16.5. The summed E-state index contributed by atoms with van der Waals surface area (Å²) in [6.07, 6.45) is 6.07. The number of nitrogens with zero attached hydrogens (tertiary/aromatic N) is 1. The fraction of sp³-hybridized carbons (Fsp3) is 0.316. The van der Waals surface area contributed by atoms with Gasteiger partial charge in [0.05, 0.1) is 0 Å². The van der Waals surface area contributed by atoms with Gasteiger partial charge in [-0.05, 0) is 30.4 Å². The van der Waals surface area contributed by atoms with Gasteiger partial charge in [0, 0.05) is 22.6 Å². The molecule has 0 radical (unpaired) electrons. The quantitative estimate of drug-likeness (QED) is 0.650. The van der Waals surface area contributed by atoms with Crippen LogP contribution in [0.2, 0.25) is 0 Å². The summed E-state index contributed by atoms with van der Waals surface area (Å²) in [5, 5.41) is 10.2. The molecule has 4 rings (SSSR count). The predicted octanol–water partition coefficient (Wildman–Crippen LogP) is 3.54. The summed E-state index contributed by atoms with van der Waals surface area (Å²) in [5.74, 6) is -0.0465.